The van der Waals surface area contributed by atoms with Crippen molar-refractivity contribution in [3.05, 3.63) is 12.2 Å². The van der Waals surface area contributed by atoms with Gasteiger partial charge in [0.1, 0.15) is 6.29 Å². The number of rotatable bonds is 2. The Morgan fingerprint density at radius 3 is 2.62 bits per heavy atom. The van der Waals surface area contributed by atoms with Crippen LogP contribution in [0.1, 0.15) is 7.85 Å². The van der Waals surface area contributed by atoms with Gasteiger partial charge in [0.15, 0.2) is 0 Å². The molecule has 0 bridgehead atoms. The molecule has 0 aromatic heterocycles. The van der Waals surface area contributed by atoms with E-state index in [4.69, 9.17) is 5.26 Å². The van der Waals surface area contributed by atoms with Gasteiger partial charge in [-0.15, -0.1) is 0 Å². The smallest absolute Gasteiger partial charge is 1.00 e. The first-order valence-electron chi connectivity index (χ1n) is 1.82. The van der Waals surface area contributed by atoms with Crippen LogP contribution < -0.4 is 29.6 Å². The number of carbonyl (C=O) groups excluding carboxylic acids is 1. The van der Waals surface area contributed by atoms with Crippen LogP contribution in [0.2, 0.25) is 0 Å². The molecule has 0 unspecified atom stereocenters. The zero-order chi connectivity index (χ0) is 5.70. The van der Waals surface area contributed by atoms with Gasteiger partial charge < -0.3 is 6.22 Å². The summed E-state index contributed by atoms with van der Waals surface area (Å²) < 4.78 is 0. The molecule has 0 aromatic rings. The van der Waals surface area contributed by atoms with E-state index >= 15 is 0 Å². The molecule has 0 N–H and O–H groups in total. The zero-order valence-corrected chi connectivity index (χ0v) is 6.85. The second-order valence-corrected chi connectivity index (χ2v) is 1.09. The maximum atomic E-state index is 9.56. The molecular formula is C5H6NNaO. The van der Waals surface area contributed by atoms with Crippen molar-refractivity contribution in [1.82, 2.24) is 0 Å². The first-order chi connectivity index (χ1) is 3.31. The van der Waals surface area contributed by atoms with E-state index in [-0.39, 0.29) is 37.4 Å². The second-order valence-electron chi connectivity index (χ2n) is 1.09. The Morgan fingerprint density at radius 2 is 2.50 bits per heavy atom. The molecule has 0 atom stereocenters. The van der Waals surface area contributed by atoms with Crippen LogP contribution in [0.4, 0.5) is 0 Å². The van der Waals surface area contributed by atoms with Gasteiger partial charge in [-0.3, -0.25) is 0 Å². The van der Waals surface area contributed by atoms with Gasteiger partial charge >= 0.3 is 29.6 Å². The number of carbonyl (C=O) groups is 1. The van der Waals surface area contributed by atoms with E-state index in [2.05, 4.69) is 6.58 Å². The topological polar surface area (TPSA) is 40.9 Å². The molecule has 2 nitrogen and oxygen atoms in total. The SMILES string of the molecule is C=C(C#N)CC=O.[H-].[Na+]. The summed E-state index contributed by atoms with van der Waals surface area (Å²) in [5.41, 5.74) is 0.315. The summed E-state index contributed by atoms with van der Waals surface area (Å²) in [6.07, 6.45) is 0.821. The normalized spacial score (nSPS) is 5.88. The van der Waals surface area contributed by atoms with Crippen molar-refractivity contribution in [3.63, 3.8) is 0 Å². The van der Waals surface area contributed by atoms with E-state index in [0.29, 0.717) is 11.9 Å². The molecule has 0 aliphatic carbocycles. The number of nitriles is 1. The molecule has 0 amide bonds. The summed E-state index contributed by atoms with van der Waals surface area (Å²) in [5, 5.41) is 7.96. The summed E-state index contributed by atoms with van der Waals surface area (Å²) in [6.45, 7) is 3.27. The summed E-state index contributed by atoms with van der Waals surface area (Å²) in [7, 11) is 0. The van der Waals surface area contributed by atoms with E-state index in [9.17, 15) is 4.79 Å². The quantitative estimate of drug-likeness (QED) is 0.234. The molecule has 0 aromatic carbocycles. The Bertz CT molecular complexity index is 129. The van der Waals surface area contributed by atoms with Crippen molar-refractivity contribution < 1.29 is 35.8 Å². The third-order valence-corrected chi connectivity index (χ3v) is 0.488. The predicted molar refractivity (Wildman–Crippen MR) is 26.5 cm³/mol. The van der Waals surface area contributed by atoms with Gasteiger partial charge in [-0.2, -0.15) is 5.26 Å². The molecule has 0 aliphatic rings. The van der Waals surface area contributed by atoms with Crippen LogP contribution in [0.5, 0.6) is 0 Å². The fraction of sp³-hybridized carbons (Fsp3) is 0.200. The largest absolute Gasteiger partial charge is 1.00 e. The minimum Gasteiger partial charge on any atom is -1.00 e. The zero-order valence-electron chi connectivity index (χ0n) is 5.85. The van der Waals surface area contributed by atoms with E-state index in [1.807, 2.05) is 0 Å². The van der Waals surface area contributed by atoms with Crippen molar-refractivity contribution in [2.75, 3.05) is 0 Å². The molecule has 0 saturated carbocycles. The second kappa shape index (κ2) is 6.90. The maximum absolute atomic E-state index is 9.56. The maximum Gasteiger partial charge on any atom is 1.00 e. The summed E-state index contributed by atoms with van der Waals surface area (Å²) in [6, 6.07) is 1.74. The minimum atomic E-state index is 0. The molecule has 8 heavy (non-hydrogen) atoms. The molecule has 0 radical (unpaired) electrons. The average molecular weight is 119 g/mol. The van der Waals surface area contributed by atoms with Gasteiger partial charge in [0, 0.05) is 12.0 Å². The molecule has 0 fully saturated rings. The van der Waals surface area contributed by atoms with Crippen molar-refractivity contribution in [2.45, 2.75) is 6.42 Å². The van der Waals surface area contributed by atoms with Gasteiger partial charge in [0.2, 0.25) is 0 Å². The summed E-state index contributed by atoms with van der Waals surface area (Å²) in [4.78, 5) is 9.56. The molecular weight excluding hydrogens is 113 g/mol. The average Bonchev–Trinajstić information content (AvgIpc) is 1.68. The number of aldehydes is 1. The van der Waals surface area contributed by atoms with Crippen LogP contribution in [0.3, 0.4) is 0 Å². The van der Waals surface area contributed by atoms with Gasteiger partial charge in [-0.05, 0) is 0 Å². The van der Waals surface area contributed by atoms with E-state index in [1.165, 1.54) is 0 Å². The number of hydrogen-bond acceptors (Lipinski definition) is 2. The Labute approximate surface area is 72.0 Å². The Balaban J connectivity index is -0.000000180. The standard InChI is InChI=1S/C5H5NO.Na.H/c1-5(4-6)2-3-7;;/h3H,1-2H2;;/q;+1;-1. The minimum absolute atomic E-state index is 0. The van der Waals surface area contributed by atoms with Crippen LogP contribution in [0.25, 0.3) is 0 Å². The first-order valence-corrected chi connectivity index (χ1v) is 1.82. The summed E-state index contributed by atoms with van der Waals surface area (Å²) >= 11 is 0. The van der Waals surface area contributed by atoms with Gasteiger partial charge in [0.05, 0.1) is 6.07 Å². The fourth-order valence-corrected chi connectivity index (χ4v) is 0.146. The van der Waals surface area contributed by atoms with Crippen LogP contribution in [-0.2, 0) is 4.79 Å². The monoisotopic (exact) mass is 119 g/mol. The Kier molecular flexibility index (Phi) is 9.32. The van der Waals surface area contributed by atoms with Gasteiger partial charge in [-0.1, -0.05) is 6.58 Å². The predicted octanol–water partition coefficient (Wildman–Crippen LogP) is -2.23. The van der Waals surface area contributed by atoms with Crippen molar-refractivity contribution in [2.24, 2.45) is 0 Å². The van der Waals surface area contributed by atoms with Crippen molar-refractivity contribution in [1.29, 1.82) is 5.26 Å². The Morgan fingerprint density at radius 1 is 2.00 bits per heavy atom. The van der Waals surface area contributed by atoms with Crippen LogP contribution in [0.15, 0.2) is 12.2 Å². The van der Waals surface area contributed by atoms with E-state index in [1.54, 1.807) is 6.07 Å². The van der Waals surface area contributed by atoms with Crippen LogP contribution in [0, 0.1) is 11.3 Å². The third kappa shape index (κ3) is 5.90. The van der Waals surface area contributed by atoms with Crippen LogP contribution in [-0.4, -0.2) is 6.29 Å². The fourth-order valence-electron chi connectivity index (χ4n) is 0.146. The number of allylic oxidation sites excluding steroid dienone is 1. The van der Waals surface area contributed by atoms with E-state index < -0.39 is 0 Å². The molecule has 0 rings (SSSR count). The van der Waals surface area contributed by atoms with Crippen molar-refractivity contribution in [3.8, 4) is 6.07 Å². The molecule has 0 aliphatic heterocycles. The third-order valence-electron chi connectivity index (χ3n) is 0.488. The van der Waals surface area contributed by atoms with Crippen LogP contribution >= 0.6 is 0 Å². The molecule has 0 heterocycles. The molecule has 38 valence electrons. The van der Waals surface area contributed by atoms with Gasteiger partial charge in [-0.25, -0.2) is 0 Å². The van der Waals surface area contributed by atoms with Gasteiger partial charge in [0.25, 0.3) is 0 Å². The molecule has 0 spiro atoms. The Hall–Kier alpha value is -0.100. The van der Waals surface area contributed by atoms with Crippen molar-refractivity contribution >= 4 is 6.29 Å². The first kappa shape index (κ1) is 10.8. The molecule has 3 heteroatoms. The summed E-state index contributed by atoms with van der Waals surface area (Å²) in [5.74, 6) is 0. The van der Waals surface area contributed by atoms with E-state index in [0.717, 1.165) is 0 Å². The molecule has 0 saturated heterocycles. The number of hydrogen-bond donors (Lipinski definition) is 0. The number of nitrogens with zero attached hydrogens (tertiary/aromatic N) is 1.